The van der Waals surface area contributed by atoms with Gasteiger partial charge in [0.2, 0.25) is 0 Å². The van der Waals surface area contributed by atoms with Crippen LogP contribution in [0.25, 0.3) is 45.0 Å². The van der Waals surface area contributed by atoms with Gasteiger partial charge in [-0.25, -0.2) is 0 Å². The van der Waals surface area contributed by atoms with Crippen molar-refractivity contribution < 1.29 is 17.9 Å². The summed E-state index contributed by atoms with van der Waals surface area (Å²) < 4.78 is 23.0. The van der Waals surface area contributed by atoms with Gasteiger partial charge in [0.25, 0.3) is 0 Å². The first-order valence-electron chi connectivity index (χ1n) is 17.3. The quantitative estimate of drug-likeness (QED) is 0.113. The van der Waals surface area contributed by atoms with E-state index in [0.717, 1.165) is 68.8 Å². The van der Waals surface area contributed by atoms with Crippen molar-refractivity contribution >= 4 is 91.6 Å². The second-order valence-corrected chi connectivity index (χ2v) is 17.7. The molecule has 8 heteroatoms. The van der Waals surface area contributed by atoms with Crippen LogP contribution in [0.15, 0.2) is 149 Å². The van der Waals surface area contributed by atoms with Crippen LogP contribution >= 0.6 is 30.7 Å². The molecule has 255 valence electrons. The second-order valence-electron chi connectivity index (χ2n) is 12.7. The molecule has 0 unspecified atom stereocenters. The van der Waals surface area contributed by atoms with Crippen molar-refractivity contribution in [3.8, 4) is 4.37 Å². The summed E-state index contributed by atoms with van der Waals surface area (Å²) in [6.45, 7) is 4.19. The van der Waals surface area contributed by atoms with Gasteiger partial charge in [-0.3, -0.25) is 0 Å². The Morgan fingerprint density at radius 1 is 0.654 bits per heavy atom. The number of nitrogens with zero attached hydrogens (tertiary/aromatic N) is 4. The normalized spacial score (nSPS) is 15.9. The Balaban J connectivity index is 1.45. The summed E-state index contributed by atoms with van der Waals surface area (Å²) in [5.41, 5.74) is 9.67. The van der Waals surface area contributed by atoms with Crippen LogP contribution in [0.5, 0.6) is 0 Å². The third-order valence-corrected chi connectivity index (χ3v) is 16.3. The molecule has 0 N–H and O–H groups in total. The van der Waals surface area contributed by atoms with Crippen LogP contribution in [-0.4, -0.2) is 17.5 Å². The van der Waals surface area contributed by atoms with Crippen molar-refractivity contribution in [3.63, 3.8) is 0 Å². The Morgan fingerprint density at radius 2 is 1.13 bits per heavy atom. The first-order chi connectivity index (χ1) is 25.7. The van der Waals surface area contributed by atoms with E-state index < -0.39 is 7.26 Å². The molecule has 2 heterocycles. The molecule has 0 saturated heterocycles. The number of allylic oxidation sites excluding steroid dienone is 8. The van der Waals surface area contributed by atoms with E-state index in [0.29, 0.717) is 0 Å². The SMILES string of the molecule is CC=C1CCCC1=CC(/C=C/c1cc2c(cc(/C=C/C)c3nsnc32)c2nsnc12)=C([C]#[Os])[P+](c1ccccc1)(c1ccccc1)c1ccccc1. The number of rotatable bonds is 8. The van der Waals surface area contributed by atoms with Crippen LogP contribution in [0.2, 0.25) is 0 Å². The zero-order chi connectivity index (χ0) is 35.5. The zero-order valence-corrected chi connectivity index (χ0v) is 33.9. The third kappa shape index (κ3) is 6.12. The van der Waals surface area contributed by atoms with Crippen LogP contribution in [0, 0.1) is 4.37 Å². The minimum atomic E-state index is -2.43. The molecule has 7 aromatic rings. The molecular formula is C44H35N4OsPS2+. The fourth-order valence-corrected chi connectivity index (χ4v) is 14.5. The fourth-order valence-electron chi connectivity index (χ4n) is 7.48. The predicted molar refractivity (Wildman–Crippen MR) is 221 cm³/mol. The first-order valence-corrected chi connectivity index (χ1v) is 21.9. The Kier molecular flexibility index (Phi) is 10.2. The Bertz CT molecular complexity index is 2530. The van der Waals surface area contributed by atoms with Gasteiger partial charge < -0.3 is 0 Å². The van der Waals surface area contributed by atoms with E-state index in [1.165, 1.54) is 55.8 Å². The van der Waals surface area contributed by atoms with E-state index in [9.17, 15) is 0 Å². The summed E-state index contributed by atoms with van der Waals surface area (Å²) >= 11 is 4.33. The Morgan fingerprint density at radius 3 is 1.62 bits per heavy atom. The molecule has 8 rings (SSSR count). The number of benzene rings is 5. The summed E-state index contributed by atoms with van der Waals surface area (Å²) in [5, 5.41) is 7.22. The molecule has 1 saturated carbocycles. The summed E-state index contributed by atoms with van der Waals surface area (Å²) in [5.74, 6) is 0. The van der Waals surface area contributed by atoms with Gasteiger partial charge in [0, 0.05) is 0 Å². The number of hydrogen-bond donors (Lipinski definition) is 0. The van der Waals surface area contributed by atoms with Crippen molar-refractivity contribution in [2.24, 2.45) is 0 Å². The fraction of sp³-hybridized carbons (Fsp3) is 0.114. The van der Waals surface area contributed by atoms with Gasteiger partial charge in [-0.1, -0.05) is 6.08 Å². The van der Waals surface area contributed by atoms with E-state index in [2.05, 4.69) is 149 Å². The molecule has 0 bridgehead atoms. The number of aromatic nitrogens is 4. The standard InChI is InChI=1S/C44H35N4PS2.Os/c1-4-16-34-28-39-40(43-41(34)45-50-47-43)29-35(42-44(39)48-51-46-42)26-25-32(27-33-18-15-17-31(33)5-2)30(3)49(36-19-9-6-10-20-36,37-21-11-7-12-22-37)38-23-13-8-14-24-38;/h4-14,16,19-29H,15,17-18H2,1-2H3;/q+1;/b16-4+,26-25+,31-5?,32-30?,33-27?;. The molecule has 1 aliphatic carbocycles. The zero-order valence-electron chi connectivity index (χ0n) is 28.8. The van der Waals surface area contributed by atoms with E-state index in [-0.39, 0.29) is 0 Å². The van der Waals surface area contributed by atoms with Crippen LogP contribution in [-0.2, 0) is 17.9 Å². The first kappa shape index (κ1) is 34.6. The maximum absolute atomic E-state index is 4.86. The molecule has 2 aromatic heterocycles. The van der Waals surface area contributed by atoms with Crippen LogP contribution < -0.4 is 15.9 Å². The molecule has 1 fully saturated rings. The topological polar surface area (TPSA) is 51.6 Å². The molecule has 5 aromatic carbocycles. The average Bonchev–Trinajstić information content (AvgIpc) is 3.99. The van der Waals surface area contributed by atoms with Crippen LogP contribution in [0.1, 0.15) is 44.2 Å². The Labute approximate surface area is 323 Å². The summed E-state index contributed by atoms with van der Waals surface area (Å²) in [6.07, 6.45) is 16.8. The maximum atomic E-state index is 4.86. The van der Waals surface area contributed by atoms with Crippen molar-refractivity contribution in [1.29, 1.82) is 0 Å². The van der Waals surface area contributed by atoms with Gasteiger partial charge >= 0.3 is 312 Å². The van der Waals surface area contributed by atoms with Crippen molar-refractivity contribution in [2.45, 2.75) is 33.1 Å². The van der Waals surface area contributed by atoms with E-state index >= 15 is 0 Å². The van der Waals surface area contributed by atoms with Gasteiger partial charge in [-0.05, 0) is 6.92 Å². The molecule has 0 radical (unpaired) electrons. The molecular weight excluding hydrogens is 870 g/mol. The van der Waals surface area contributed by atoms with Crippen LogP contribution in [0.3, 0.4) is 0 Å². The van der Waals surface area contributed by atoms with Gasteiger partial charge in [-0.15, -0.1) is 0 Å². The summed E-state index contributed by atoms with van der Waals surface area (Å²) in [4.78, 5) is 0. The van der Waals surface area contributed by atoms with Gasteiger partial charge in [0.15, 0.2) is 0 Å². The summed E-state index contributed by atoms with van der Waals surface area (Å²) in [6, 6.07) is 37.6. The number of fused-ring (bicyclic) bond motifs is 5. The van der Waals surface area contributed by atoms with E-state index in [4.69, 9.17) is 13.1 Å². The second kappa shape index (κ2) is 15.3. The average molecular weight is 905 g/mol. The van der Waals surface area contributed by atoms with E-state index in [1.54, 1.807) is 0 Å². The summed E-state index contributed by atoms with van der Waals surface area (Å²) in [7, 11) is -2.43. The monoisotopic (exact) mass is 906 g/mol. The molecule has 52 heavy (non-hydrogen) atoms. The third-order valence-electron chi connectivity index (χ3n) is 9.82. The van der Waals surface area contributed by atoms with Crippen molar-refractivity contribution in [1.82, 2.24) is 17.5 Å². The van der Waals surface area contributed by atoms with Crippen molar-refractivity contribution in [3.05, 3.63) is 161 Å². The van der Waals surface area contributed by atoms with Gasteiger partial charge in [0.05, 0.1) is 0 Å². The predicted octanol–water partition coefficient (Wildman–Crippen LogP) is 10.7. The van der Waals surface area contributed by atoms with Gasteiger partial charge in [0.1, 0.15) is 0 Å². The van der Waals surface area contributed by atoms with E-state index in [1.807, 2.05) is 30.9 Å². The molecule has 1 aliphatic rings. The molecule has 0 atom stereocenters. The molecule has 0 amide bonds. The number of hydrogen-bond acceptors (Lipinski definition) is 6. The Hall–Kier alpha value is -4.45. The molecule has 0 aliphatic heterocycles. The molecule has 4 nitrogen and oxygen atoms in total. The minimum absolute atomic E-state index is 0.896. The van der Waals surface area contributed by atoms with Crippen molar-refractivity contribution in [2.75, 3.05) is 0 Å². The molecule has 0 spiro atoms. The van der Waals surface area contributed by atoms with Crippen LogP contribution in [0.4, 0.5) is 0 Å². The van der Waals surface area contributed by atoms with Gasteiger partial charge in [-0.2, -0.15) is 0 Å².